The topological polar surface area (TPSA) is 61.4 Å². The van der Waals surface area contributed by atoms with Crippen LogP contribution in [0.5, 0.6) is 5.75 Å². The number of fused-ring (bicyclic) bond motifs is 1. The van der Waals surface area contributed by atoms with E-state index in [2.05, 4.69) is 24.5 Å². The number of amides is 1. The summed E-state index contributed by atoms with van der Waals surface area (Å²) in [7, 11) is 0. The molecule has 0 spiro atoms. The molecular formula is C21H32N2O2. The van der Waals surface area contributed by atoms with Crippen molar-refractivity contribution in [3.63, 3.8) is 0 Å². The first-order valence-electron chi connectivity index (χ1n) is 9.87. The maximum absolute atomic E-state index is 12.8. The molecule has 1 aromatic carbocycles. The zero-order valence-corrected chi connectivity index (χ0v) is 15.6. The Morgan fingerprint density at radius 3 is 2.72 bits per heavy atom. The molecule has 1 heterocycles. The van der Waals surface area contributed by atoms with E-state index in [9.17, 15) is 9.90 Å². The van der Waals surface area contributed by atoms with E-state index in [0.717, 1.165) is 23.5 Å². The van der Waals surface area contributed by atoms with Gasteiger partial charge in [0.05, 0.1) is 6.04 Å². The predicted molar refractivity (Wildman–Crippen MR) is 100 cm³/mol. The average molecular weight is 344 g/mol. The monoisotopic (exact) mass is 344 g/mol. The Kier molecular flexibility index (Phi) is 6.00. The lowest BCUT2D eigenvalue weighted by atomic mass is 9.82. The third kappa shape index (κ3) is 4.75. The molecule has 2 aliphatic rings. The molecule has 3 rings (SSSR count). The minimum absolute atomic E-state index is 0.119. The fraction of sp³-hybridized carbons (Fsp3) is 0.667. The molecular weight excluding hydrogens is 312 g/mol. The van der Waals surface area contributed by atoms with Crippen LogP contribution in [0.25, 0.3) is 0 Å². The summed E-state index contributed by atoms with van der Waals surface area (Å²) in [6.45, 7) is 5.05. The molecule has 4 nitrogen and oxygen atoms in total. The van der Waals surface area contributed by atoms with Crippen LogP contribution < -0.4 is 10.6 Å². The molecule has 1 aliphatic heterocycles. The molecule has 1 fully saturated rings. The number of carbonyl (C=O) groups excluding carboxylic acids is 1. The van der Waals surface area contributed by atoms with E-state index >= 15 is 0 Å². The molecule has 0 aromatic heterocycles. The molecule has 138 valence electrons. The molecule has 1 amide bonds. The molecule has 4 heteroatoms. The Morgan fingerprint density at radius 2 is 2.00 bits per heavy atom. The highest BCUT2D eigenvalue weighted by Crippen LogP contribution is 2.29. The summed E-state index contributed by atoms with van der Waals surface area (Å²) in [6, 6.07) is 5.52. The molecule has 1 aliphatic carbocycles. The maximum Gasteiger partial charge on any atom is 0.237 e. The first-order chi connectivity index (χ1) is 12.0. The number of nitrogens with one attached hydrogen (secondary N) is 2. The van der Waals surface area contributed by atoms with Crippen molar-refractivity contribution in [3.8, 4) is 5.75 Å². The highest BCUT2D eigenvalue weighted by atomic mass is 16.3. The van der Waals surface area contributed by atoms with Crippen molar-refractivity contribution in [1.82, 2.24) is 10.6 Å². The summed E-state index contributed by atoms with van der Waals surface area (Å²) in [5, 5.41) is 16.2. The van der Waals surface area contributed by atoms with Crippen LogP contribution in [-0.4, -0.2) is 23.1 Å². The van der Waals surface area contributed by atoms with Crippen LogP contribution in [0.2, 0.25) is 0 Å². The van der Waals surface area contributed by atoms with E-state index in [4.69, 9.17) is 0 Å². The highest BCUT2D eigenvalue weighted by Gasteiger charge is 2.28. The first kappa shape index (κ1) is 18.2. The molecule has 0 saturated heterocycles. The number of rotatable bonds is 5. The Balaban J connectivity index is 1.58. The van der Waals surface area contributed by atoms with Crippen molar-refractivity contribution >= 4 is 5.91 Å². The Morgan fingerprint density at radius 1 is 1.24 bits per heavy atom. The summed E-state index contributed by atoms with van der Waals surface area (Å²) in [5.74, 6) is 1.63. The number of hydrogen-bond donors (Lipinski definition) is 3. The van der Waals surface area contributed by atoms with Crippen LogP contribution in [0.3, 0.4) is 0 Å². The second-order valence-corrected chi connectivity index (χ2v) is 8.19. The molecule has 0 radical (unpaired) electrons. The van der Waals surface area contributed by atoms with E-state index in [1.165, 1.54) is 32.1 Å². The first-order valence-corrected chi connectivity index (χ1v) is 9.87. The van der Waals surface area contributed by atoms with E-state index in [0.29, 0.717) is 18.9 Å². The lowest BCUT2D eigenvalue weighted by Crippen LogP contribution is -2.52. The van der Waals surface area contributed by atoms with Gasteiger partial charge in [-0.25, -0.2) is 0 Å². The van der Waals surface area contributed by atoms with Gasteiger partial charge in [-0.3, -0.25) is 4.79 Å². The molecule has 1 aromatic rings. The third-order valence-corrected chi connectivity index (χ3v) is 5.91. The van der Waals surface area contributed by atoms with E-state index in [-0.39, 0.29) is 23.7 Å². The molecule has 3 N–H and O–H groups in total. The number of phenols is 1. The number of hydrogen-bond acceptors (Lipinski definition) is 3. The van der Waals surface area contributed by atoms with Gasteiger partial charge in [-0.15, -0.1) is 0 Å². The standard InChI is InChI=1S/C21H32N2O2/c1-14(2)19(10-15-6-4-3-5-7-15)23-21(25)20-12-16-8-9-18(24)11-17(16)13-22-20/h8-9,11,14-15,19-20,22,24H,3-7,10,12-13H2,1-2H3,(H,23,25)/t19-,20?/m1/s1. The molecule has 2 atom stereocenters. The van der Waals surface area contributed by atoms with E-state index in [1.807, 2.05) is 6.07 Å². The minimum atomic E-state index is -0.176. The van der Waals surface area contributed by atoms with Gasteiger partial charge < -0.3 is 15.7 Å². The van der Waals surface area contributed by atoms with Gasteiger partial charge in [0, 0.05) is 12.6 Å². The number of benzene rings is 1. The van der Waals surface area contributed by atoms with Gasteiger partial charge in [-0.2, -0.15) is 0 Å². The van der Waals surface area contributed by atoms with Crippen molar-refractivity contribution in [1.29, 1.82) is 0 Å². The van der Waals surface area contributed by atoms with Gasteiger partial charge in [-0.1, -0.05) is 52.0 Å². The molecule has 1 saturated carbocycles. The van der Waals surface area contributed by atoms with Gasteiger partial charge in [0.15, 0.2) is 0 Å². The largest absolute Gasteiger partial charge is 0.508 e. The molecule has 25 heavy (non-hydrogen) atoms. The lowest BCUT2D eigenvalue weighted by molar-refractivity contribution is -0.124. The normalized spacial score (nSPS) is 22.4. The van der Waals surface area contributed by atoms with Gasteiger partial charge in [0.2, 0.25) is 5.91 Å². The average Bonchev–Trinajstić information content (AvgIpc) is 2.61. The van der Waals surface area contributed by atoms with Crippen molar-refractivity contribution in [2.24, 2.45) is 11.8 Å². The quantitative estimate of drug-likeness (QED) is 0.766. The van der Waals surface area contributed by atoms with Crippen LogP contribution in [0, 0.1) is 11.8 Å². The number of aromatic hydroxyl groups is 1. The summed E-state index contributed by atoms with van der Waals surface area (Å²) >= 11 is 0. The third-order valence-electron chi connectivity index (χ3n) is 5.91. The van der Waals surface area contributed by atoms with Crippen LogP contribution in [-0.2, 0) is 17.8 Å². The van der Waals surface area contributed by atoms with Gasteiger partial charge in [-0.05, 0) is 47.9 Å². The number of carbonyl (C=O) groups is 1. The van der Waals surface area contributed by atoms with Gasteiger partial charge >= 0.3 is 0 Å². The van der Waals surface area contributed by atoms with Crippen molar-refractivity contribution < 1.29 is 9.90 Å². The second-order valence-electron chi connectivity index (χ2n) is 8.19. The summed E-state index contributed by atoms with van der Waals surface area (Å²) in [4.78, 5) is 12.8. The zero-order valence-electron chi connectivity index (χ0n) is 15.6. The maximum atomic E-state index is 12.8. The lowest BCUT2D eigenvalue weighted by Gasteiger charge is -2.32. The van der Waals surface area contributed by atoms with Crippen molar-refractivity contribution in [2.75, 3.05) is 0 Å². The van der Waals surface area contributed by atoms with Gasteiger partial charge in [0.25, 0.3) is 0 Å². The van der Waals surface area contributed by atoms with Crippen molar-refractivity contribution in [2.45, 2.75) is 77.4 Å². The molecule has 0 bridgehead atoms. The van der Waals surface area contributed by atoms with E-state index in [1.54, 1.807) is 12.1 Å². The number of phenolic OH excluding ortho intramolecular Hbond substituents is 1. The summed E-state index contributed by atoms with van der Waals surface area (Å²) in [6.07, 6.45) is 8.50. The van der Waals surface area contributed by atoms with Gasteiger partial charge in [0.1, 0.15) is 5.75 Å². The van der Waals surface area contributed by atoms with E-state index < -0.39 is 0 Å². The van der Waals surface area contributed by atoms with Crippen LogP contribution in [0.15, 0.2) is 18.2 Å². The summed E-state index contributed by atoms with van der Waals surface area (Å²) < 4.78 is 0. The molecule has 1 unspecified atom stereocenters. The highest BCUT2D eigenvalue weighted by molar-refractivity contribution is 5.82. The Hall–Kier alpha value is -1.55. The second kappa shape index (κ2) is 8.22. The van der Waals surface area contributed by atoms with Crippen LogP contribution >= 0.6 is 0 Å². The Labute approximate surface area is 151 Å². The fourth-order valence-electron chi connectivity index (χ4n) is 4.25. The Bertz CT molecular complexity index is 594. The SMILES string of the molecule is CC(C)[C@@H](CC1CCCCC1)NC(=O)C1Cc2ccc(O)cc2CN1. The fourth-order valence-corrected chi connectivity index (χ4v) is 4.25. The zero-order chi connectivity index (χ0) is 17.8. The summed E-state index contributed by atoms with van der Waals surface area (Å²) in [5.41, 5.74) is 2.25. The van der Waals surface area contributed by atoms with Crippen molar-refractivity contribution in [3.05, 3.63) is 29.3 Å². The van der Waals surface area contributed by atoms with Crippen LogP contribution in [0.1, 0.15) is 63.5 Å². The van der Waals surface area contributed by atoms with Crippen LogP contribution in [0.4, 0.5) is 0 Å². The minimum Gasteiger partial charge on any atom is -0.508 e. The predicted octanol–water partition coefficient (Wildman–Crippen LogP) is 3.52. The smallest absolute Gasteiger partial charge is 0.237 e.